The van der Waals surface area contributed by atoms with Gasteiger partial charge >= 0.3 is 6.18 Å². The van der Waals surface area contributed by atoms with Crippen LogP contribution in [-0.4, -0.2) is 35.0 Å². The van der Waals surface area contributed by atoms with Gasteiger partial charge in [0, 0.05) is 6.20 Å². The number of aromatic nitrogens is 1. The van der Waals surface area contributed by atoms with Crippen molar-refractivity contribution in [2.45, 2.75) is 18.7 Å². The molecular formula is C17H15F3N2O2. The first kappa shape index (κ1) is 16.3. The fraction of sp³-hybridized carbons (Fsp3) is 0.294. The van der Waals surface area contributed by atoms with Crippen LogP contribution >= 0.6 is 0 Å². The molecule has 1 fully saturated rings. The van der Waals surface area contributed by atoms with E-state index in [0.29, 0.717) is 24.4 Å². The van der Waals surface area contributed by atoms with Gasteiger partial charge in [0.25, 0.3) is 0 Å². The van der Waals surface area contributed by atoms with Crippen LogP contribution in [0.25, 0.3) is 0 Å². The zero-order valence-corrected chi connectivity index (χ0v) is 12.7. The summed E-state index contributed by atoms with van der Waals surface area (Å²) in [6, 6.07) is 8.22. The number of hydrogen-bond donors (Lipinski definition) is 0. The van der Waals surface area contributed by atoms with Crippen molar-refractivity contribution in [3.05, 3.63) is 59.9 Å². The predicted octanol–water partition coefficient (Wildman–Crippen LogP) is 2.93. The molecule has 0 atom stereocenters. The zero-order chi connectivity index (χ0) is 17.2. The molecule has 2 heterocycles. The lowest BCUT2D eigenvalue weighted by Crippen LogP contribution is -2.56. The third-order valence-electron chi connectivity index (χ3n) is 3.77. The molecule has 126 valence electrons. The van der Waals surface area contributed by atoms with E-state index in [0.717, 1.165) is 12.1 Å². The van der Waals surface area contributed by atoms with Gasteiger partial charge < -0.3 is 9.64 Å². The van der Waals surface area contributed by atoms with Crippen molar-refractivity contribution in [1.82, 2.24) is 9.88 Å². The van der Waals surface area contributed by atoms with Crippen LogP contribution in [0.1, 0.15) is 11.1 Å². The van der Waals surface area contributed by atoms with Crippen LogP contribution in [0.3, 0.4) is 0 Å². The summed E-state index contributed by atoms with van der Waals surface area (Å²) in [5, 5.41) is 0. The van der Waals surface area contributed by atoms with Gasteiger partial charge in [-0.1, -0.05) is 12.1 Å². The van der Waals surface area contributed by atoms with E-state index in [9.17, 15) is 18.0 Å². The minimum Gasteiger partial charge on any atom is -0.485 e. The van der Waals surface area contributed by atoms with E-state index < -0.39 is 11.7 Å². The number of ether oxygens (including phenoxy) is 1. The molecule has 0 bridgehead atoms. The van der Waals surface area contributed by atoms with Crippen molar-refractivity contribution in [2.24, 2.45) is 0 Å². The summed E-state index contributed by atoms with van der Waals surface area (Å²) in [5.41, 5.74) is -0.155. The Hall–Kier alpha value is -2.57. The zero-order valence-electron chi connectivity index (χ0n) is 12.7. The topological polar surface area (TPSA) is 42.4 Å². The highest BCUT2D eigenvalue weighted by molar-refractivity contribution is 5.79. The molecule has 0 radical (unpaired) electrons. The number of alkyl halides is 3. The average molecular weight is 336 g/mol. The predicted molar refractivity (Wildman–Crippen MR) is 80.4 cm³/mol. The fourth-order valence-corrected chi connectivity index (χ4v) is 2.42. The smallest absolute Gasteiger partial charge is 0.416 e. The maximum absolute atomic E-state index is 12.5. The first-order valence-corrected chi connectivity index (χ1v) is 7.42. The number of carbonyl (C=O) groups excluding carboxylic acids is 1. The second kappa shape index (κ2) is 6.51. The van der Waals surface area contributed by atoms with Gasteiger partial charge in [0.1, 0.15) is 11.9 Å². The molecule has 3 rings (SSSR count). The fourth-order valence-electron chi connectivity index (χ4n) is 2.42. The van der Waals surface area contributed by atoms with Crippen LogP contribution in [0.5, 0.6) is 5.75 Å². The molecule has 2 aromatic rings. The van der Waals surface area contributed by atoms with Gasteiger partial charge in [-0.05, 0) is 29.8 Å². The molecule has 1 aliphatic rings. The Kier molecular flexibility index (Phi) is 4.42. The molecule has 4 nitrogen and oxygen atoms in total. The number of pyridine rings is 1. The number of rotatable bonds is 4. The van der Waals surface area contributed by atoms with E-state index in [2.05, 4.69) is 4.98 Å². The first-order valence-electron chi connectivity index (χ1n) is 7.42. The molecule has 24 heavy (non-hydrogen) atoms. The molecule has 1 aromatic heterocycles. The van der Waals surface area contributed by atoms with Gasteiger partial charge in [-0.15, -0.1) is 0 Å². The summed E-state index contributed by atoms with van der Waals surface area (Å²) in [4.78, 5) is 17.7. The van der Waals surface area contributed by atoms with Crippen LogP contribution in [-0.2, 0) is 17.4 Å². The molecule has 0 unspecified atom stereocenters. The van der Waals surface area contributed by atoms with Gasteiger partial charge in [0.2, 0.25) is 5.91 Å². The molecular weight excluding hydrogens is 321 g/mol. The van der Waals surface area contributed by atoms with Gasteiger partial charge in [-0.2, -0.15) is 13.2 Å². The van der Waals surface area contributed by atoms with Crippen molar-refractivity contribution >= 4 is 5.91 Å². The van der Waals surface area contributed by atoms with Crippen molar-refractivity contribution in [3.63, 3.8) is 0 Å². The summed E-state index contributed by atoms with van der Waals surface area (Å²) in [6.45, 7) is 0.933. The molecule has 1 amide bonds. The first-order chi connectivity index (χ1) is 11.4. The molecule has 7 heteroatoms. The second-order valence-corrected chi connectivity index (χ2v) is 5.60. The Labute approximate surface area is 136 Å². The lowest BCUT2D eigenvalue weighted by Gasteiger charge is -2.39. The summed E-state index contributed by atoms with van der Waals surface area (Å²) < 4.78 is 43.2. The Bertz CT molecular complexity index is 696. The van der Waals surface area contributed by atoms with E-state index in [-0.39, 0.29) is 18.4 Å². The SMILES string of the molecule is O=C(Cc1ccc(C(F)(F)F)cc1)N1CC(Oc2cccnc2)C1. The molecule has 1 aromatic carbocycles. The number of amides is 1. The third kappa shape index (κ3) is 3.84. The molecule has 0 N–H and O–H groups in total. The summed E-state index contributed by atoms with van der Waals surface area (Å²) >= 11 is 0. The average Bonchev–Trinajstić information content (AvgIpc) is 2.51. The highest BCUT2D eigenvalue weighted by Gasteiger charge is 2.33. The van der Waals surface area contributed by atoms with Crippen LogP contribution in [0.2, 0.25) is 0 Å². The number of carbonyl (C=O) groups is 1. The third-order valence-corrected chi connectivity index (χ3v) is 3.77. The second-order valence-electron chi connectivity index (χ2n) is 5.60. The van der Waals surface area contributed by atoms with E-state index in [1.165, 1.54) is 12.1 Å². The van der Waals surface area contributed by atoms with Crippen molar-refractivity contribution in [2.75, 3.05) is 13.1 Å². The Morgan fingerprint density at radius 2 is 1.92 bits per heavy atom. The minimum absolute atomic E-state index is 0.0780. The molecule has 1 saturated heterocycles. The standard InChI is InChI=1S/C17H15F3N2O2/c18-17(19,20)13-5-3-12(4-6-13)8-16(23)22-10-15(11-22)24-14-2-1-7-21-9-14/h1-7,9,15H,8,10-11H2. The summed E-state index contributed by atoms with van der Waals surface area (Å²) in [7, 11) is 0. The number of benzene rings is 1. The van der Waals surface area contributed by atoms with Crippen LogP contribution in [0.15, 0.2) is 48.8 Å². The number of nitrogens with zero attached hydrogens (tertiary/aromatic N) is 2. The quantitative estimate of drug-likeness (QED) is 0.862. The van der Waals surface area contributed by atoms with Crippen molar-refractivity contribution < 1.29 is 22.7 Å². The lowest BCUT2D eigenvalue weighted by molar-refractivity contribution is -0.139. The highest BCUT2D eigenvalue weighted by atomic mass is 19.4. The van der Waals surface area contributed by atoms with Crippen LogP contribution in [0, 0.1) is 0 Å². The van der Waals surface area contributed by atoms with E-state index >= 15 is 0 Å². The van der Waals surface area contributed by atoms with Gasteiger partial charge in [-0.3, -0.25) is 9.78 Å². The van der Waals surface area contributed by atoms with Crippen LogP contribution < -0.4 is 4.74 Å². The van der Waals surface area contributed by atoms with Crippen molar-refractivity contribution in [1.29, 1.82) is 0 Å². The highest BCUT2D eigenvalue weighted by Crippen LogP contribution is 2.29. The van der Waals surface area contributed by atoms with E-state index in [1.807, 2.05) is 0 Å². The number of halogens is 3. The van der Waals surface area contributed by atoms with E-state index in [4.69, 9.17) is 4.74 Å². The monoisotopic (exact) mass is 336 g/mol. The normalized spacial score (nSPS) is 15.0. The number of likely N-dealkylation sites (tertiary alicyclic amines) is 1. The van der Waals surface area contributed by atoms with Gasteiger partial charge in [0.15, 0.2) is 0 Å². The van der Waals surface area contributed by atoms with Gasteiger partial charge in [0.05, 0.1) is 31.3 Å². The van der Waals surface area contributed by atoms with E-state index in [1.54, 1.807) is 29.4 Å². The number of hydrogen-bond acceptors (Lipinski definition) is 3. The maximum atomic E-state index is 12.5. The Balaban J connectivity index is 1.48. The lowest BCUT2D eigenvalue weighted by atomic mass is 10.1. The Morgan fingerprint density at radius 3 is 2.50 bits per heavy atom. The molecule has 1 aliphatic heterocycles. The molecule has 0 spiro atoms. The van der Waals surface area contributed by atoms with Gasteiger partial charge in [-0.25, -0.2) is 0 Å². The maximum Gasteiger partial charge on any atom is 0.416 e. The summed E-state index contributed by atoms with van der Waals surface area (Å²) in [5.74, 6) is 0.526. The molecule has 0 saturated carbocycles. The van der Waals surface area contributed by atoms with Crippen molar-refractivity contribution in [3.8, 4) is 5.75 Å². The summed E-state index contributed by atoms with van der Waals surface area (Å²) in [6.07, 6.45) is -1.11. The largest absolute Gasteiger partial charge is 0.485 e. The minimum atomic E-state index is -4.36. The molecule has 0 aliphatic carbocycles. The van der Waals surface area contributed by atoms with Crippen LogP contribution in [0.4, 0.5) is 13.2 Å². The Morgan fingerprint density at radius 1 is 1.21 bits per heavy atom.